The Hall–Kier alpha value is -1.74. The average molecular weight is 811 g/mol. The molecule has 0 aromatic rings. The SMILES string of the molecule is CCCCC/C=C\C/C=C\CC1OC1C/C=C\CCCC(=O)OC[C@H](COP(=O)(O)OCC[N+](C)(C)C)O/C=C/CCCCCCCCCCCCCCCC. The third-order valence-corrected chi connectivity index (χ3v) is 10.9. The first kappa shape index (κ1) is 52.3. The van der Waals surface area contributed by atoms with Crippen LogP contribution in [0.5, 0.6) is 0 Å². The minimum Gasteiger partial charge on any atom is -0.492 e. The van der Waals surface area contributed by atoms with Gasteiger partial charge in [-0.25, -0.2) is 4.57 Å². The zero-order valence-electron chi connectivity index (χ0n) is 36.6. The third-order valence-electron chi connectivity index (χ3n) is 9.88. The van der Waals surface area contributed by atoms with Crippen molar-refractivity contribution in [3.8, 4) is 0 Å². The fourth-order valence-electron chi connectivity index (χ4n) is 6.16. The van der Waals surface area contributed by atoms with Crippen molar-refractivity contribution in [2.24, 2.45) is 0 Å². The maximum Gasteiger partial charge on any atom is 0.472 e. The van der Waals surface area contributed by atoms with Crippen LogP contribution in [0.15, 0.2) is 48.8 Å². The van der Waals surface area contributed by atoms with Crippen LogP contribution in [0.2, 0.25) is 0 Å². The van der Waals surface area contributed by atoms with E-state index in [0.717, 1.165) is 38.5 Å². The summed E-state index contributed by atoms with van der Waals surface area (Å²) < 4.78 is 40.5. The predicted molar refractivity (Wildman–Crippen MR) is 232 cm³/mol. The number of ether oxygens (including phenoxy) is 3. The molecule has 0 aromatic heterocycles. The standard InChI is InChI=1S/C46H84NO8P/c1-6-8-10-12-14-16-17-18-19-20-21-22-24-26-30-34-39-51-43(42-54-56(49,50)53-40-38-47(3,4)5)41-52-46(48)37-33-29-28-32-36-45-44(55-45)35-31-27-25-23-15-13-11-9-7-2/h15,23,27-28,31-32,34,39,43-45H,6-14,16-22,24-26,29-30,33,35-38,40-42H2,1-5H3/p+1/b23-15-,31-27-,32-28-,39-34+/t43-,44?,45?/m1/s1. The van der Waals surface area contributed by atoms with E-state index in [9.17, 15) is 14.3 Å². The van der Waals surface area contributed by atoms with Crippen LogP contribution in [0, 0.1) is 0 Å². The number of epoxide rings is 1. The topological polar surface area (TPSA) is 104 Å². The second kappa shape index (κ2) is 35.2. The lowest BCUT2D eigenvalue weighted by Gasteiger charge is -2.24. The molecule has 56 heavy (non-hydrogen) atoms. The number of carbonyl (C=O) groups is 1. The van der Waals surface area contributed by atoms with E-state index >= 15 is 0 Å². The largest absolute Gasteiger partial charge is 0.492 e. The molecule has 4 atom stereocenters. The monoisotopic (exact) mass is 811 g/mol. The quantitative estimate of drug-likeness (QED) is 0.0124. The van der Waals surface area contributed by atoms with Crippen molar-refractivity contribution in [1.29, 1.82) is 0 Å². The fourth-order valence-corrected chi connectivity index (χ4v) is 6.90. The van der Waals surface area contributed by atoms with Gasteiger partial charge in [0, 0.05) is 6.42 Å². The lowest BCUT2D eigenvalue weighted by atomic mass is 10.0. The zero-order valence-corrected chi connectivity index (χ0v) is 37.5. The highest BCUT2D eigenvalue weighted by Crippen LogP contribution is 2.43. The Balaban J connectivity index is 2.29. The number of phosphoric ester groups is 1. The molecule has 0 aromatic carbocycles. The molecule has 1 aliphatic rings. The minimum atomic E-state index is -4.28. The molecule has 9 nitrogen and oxygen atoms in total. The van der Waals surface area contributed by atoms with Crippen LogP contribution in [-0.4, -0.2) is 81.2 Å². The molecule has 1 rings (SSSR count). The number of nitrogens with zero attached hydrogens (tertiary/aromatic N) is 1. The second-order valence-electron chi connectivity index (χ2n) is 16.5. The van der Waals surface area contributed by atoms with E-state index in [2.05, 4.69) is 50.3 Å². The van der Waals surface area contributed by atoms with Gasteiger partial charge < -0.3 is 23.6 Å². The summed E-state index contributed by atoms with van der Waals surface area (Å²) in [5.41, 5.74) is 0. The number of unbranched alkanes of at least 4 members (excludes halogenated alkanes) is 18. The Bertz CT molecular complexity index is 1100. The fraction of sp³-hybridized carbons (Fsp3) is 0.804. The molecular formula is C46H85NO8P+. The number of carbonyl (C=O) groups excluding carboxylic acids is 1. The zero-order chi connectivity index (χ0) is 41.0. The van der Waals surface area contributed by atoms with Crippen molar-refractivity contribution >= 4 is 13.8 Å². The molecule has 0 amide bonds. The number of likely N-dealkylation sites (N-methyl/N-ethyl adjacent to an activating group) is 1. The molecule has 3 unspecified atom stereocenters. The average Bonchev–Trinajstić information content (AvgIpc) is 3.91. The van der Waals surface area contributed by atoms with E-state index in [1.54, 1.807) is 6.26 Å². The van der Waals surface area contributed by atoms with E-state index in [1.807, 2.05) is 27.2 Å². The van der Waals surface area contributed by atoms with Crippen LogP contribution in [0.1, 0.15) is 174 Å². The summed E-state index contributed by atoms with van der Waals surface area (Å²) in [6.45, 7) is 4.80. The lowest BCUT2D eigenvalue weighted by Crippen LogP contribution is -2.37. The number of hydrogen-bond acceptors (Lipinski definition) is 7. The van der Waals surface area contributed by atoms with Crippen molar-refractivity contribution in [2.75, 3.05) is 47.5 Å². The van der Waals surface area contributed by atoms with Gasteiger partial charge in [0.25, 0.3) is 0 Å². The van der Waals surface area contributed by atoms with Gasteiger partial charge in [0.15, 0.2) is 6.10 Å². The van der Waals surface area contributed by atoms with E-state index < -0.39 is 13.9 Å². The maximum atomic E-state index is 12.5. The molecule has 1 fully saturated rings. The van der Waals surface area contributed by atoms with Crippen molar-refractivity contribution < 1.29 is 42.0 Å². The van der Waals surface area contributed by atoms with E-state index in [4.69, 9.17) is 23.3 Å². The molecule has 1 heterocycles. The van der Waals surface area contributed by atoms with Crippen LogP contribution in [0.4, 0.5) is 0 Å². The number of esters is 1. The molecule has 1 N–H and O–H groups in total. The van der Waals surface area contributed by atoms with E-state index in [-0.39, 0.29) is 38.3 Å². The van der Waals surface area contributed by atoms with Gasteiger partial charge in [-0.3, -0.25) is 13.8 Å². The van der Waals surface area contributed by atoms with Crippen molar-refractivity contribution in [2.45, 2.75) is 193 Å². The lowest BCUT2D eigenvalue weighted by molar-refractivity contribution is -0.870. The molecule has 1 aliphatic heterocycles. The van der Waals surface area contributed by atoms with Gasteiger partial charge in [-0.15, -0.1) is 0 Å². The van der Waals surface area contributed by atoms with Crippen molar-refractivity contribution in [1.82, 2.24) is 0 Å². The third kappa shape index (κ3) is 35.4. The highest BCUT2D eigenvalue weighted by molar-refractivity contribution is 7.47. The summed E-state index contributed by atoms with van der Waals surface area (Å²) in [4.78, 5) is 22.7. The first-order chi connectivity index (χ1) is 27.1. The van der Waals surface area contributed by atoms with Gasteiger partial charge in [0.2, 0.25) is 0 Å². The highest BCUT2D eigenvalue weighted by Gasteiger charge is 2.36. The molecular weight excluding hydrogens is 725 g/mol. The maximum absolute atomic E-state index is 12.5. The summed E-state index contributed by atoms with van der Waals surface area (Å²) in [7, 11) is 1.63. The van der Waals surface area contributed by atoms with Crippen molar-refractivity contribution in [3.63, 3.8) is 0 Å². The van der Waals surface area contributed by atoms with Gasteiger partial charge in [-0.2, -0.15) is 0 Å². The molecule has 0 aliphatic carbocycles. The second-order valence-corrected chi connectivity index (χ2v) is 18.0. The molecule has 0 spiro atoms. The summed E-state index contributed by atoms with van der Waals surface area (Å²) in [6.07, 6.45) is 45.6. The smallest absolute Gasteiger partial charge is 0.472 e. The summed E-state index contributed by atoms with van der Waals surface area (Å²) in [6, 6.07) is 0. The summed E-state index contributed by atoms with van der Waals surface area (Å²) in [5, 5.41) is 0. The molecule has 0 bridgehead atoms. The Kier molecular flexibility index (Phi) is 32.9. The summed E-state index contributed by atoms with van der Waals surface area (Å²) in [5.74, 6) is -0.335. The van der Waals surface area contributed by atoms with Gasteiger partial charge in [0.1, 0.15) is 19.8 Å². The molecule has 0 saturated carbocycles. The first-order valence-electron chi connectivity index (χ1n) is 22.5. The van der Waals surface area contributed by atoms with Crippen LogP contribution >= 0.6 is 7.82 Å². The van der Waals surface area contributed by atoms with Crippen molar-refractivity contribution in [3.05, 3.63) is 48.8 Å². The van der Waals surface area contributed by atoms with Crippen LogP contribution < -0.4 is 0 Å². The van der Waals surface area contributed by atoms with Gasteiger partial charge in [-0.1, -0.05) is 147 Å². The number of phosphoric acid groups is 1. The van der Waals surface area contributed by atoms with Crippen LogP contribution in [-0.2, 0) is 32.6 Å². The molecule has 0 radical (unpaired) electrons. The minimum absolute atomic E-state index is 0.0777. The Morgan fingerprint density at radius 3 is 1.79 bits per heavy atom. The van der Waals surface area contributed by atoms with Crippen LogP contribution in [0.3, 0.4) is 0 Å². The predicted octanol–water partition coefficient (Wildman–Crippen LogP) is 12.5. The Morgan fingerprint density at radius 1 is 0.661 bits per heavy atom. The molecule has 326 valence electrons. The molecule has 1 saturated heterocycles. The molecule has 10 heteroatoms. The van der Waals surface area contributed by atoms with Gasteiger partial charge in [-0.05, 0) is 63.9 Å². The number of quaternary nitrogens is 1. The van der Waals surface area contributed by atoms with E-state index in [0.29, 0.717) is 23.6 Å². The normalized spacial score (nSPS) is 17.8. The summed E-state index contributed by atoms with van der Waals surface area (Å²) >= 11 is 0. The van der Waals surface area contributed by atoms with E-state index in [1.165, 1.54) is 109 Å². The number of rotatable bonds is 40. The number of hydrogen-bond donors (Lipinski definition) is 1. The Morgan fingerprint density at radius 2 is 1.16 bits per heavy atom. The van der Waals surface area contributed by atoms with Gasteiger partial charge >= 0.3 is 13.8 Å². The van der Waals surface area contributed by atoms with Crippen LogP contribution in [0.25, 0.3) is 0 Å². The Labute approximate surface area is 343 Å². The van der Waals surface area contributed by atoms with Gasteiger partial charge in [0.05, 0.1) is 46.2 Å². The number of allylic oxidation sites excluding steroid dienone is 5. The highest BCUT2D eigenvalue weighted by atomic mass is 31.2. The first-order valence-corrected chi connectivity index (χ1v) is 24.0.